The van der Waals surface area contributed by atoms with Crippen molar-refractivity contribution in [1.29, 1.82) is 0 Å². The van der Waals surface area contributed by atoms with Gasteiger partial charge in [0.2, 0.25) is 11.8 Å². The molecular weight excluding hydrogens is 416 g/mol. The van der Waals surface area contributed by atoms with Crippen LogP contribution in [0.15, 0.2) is 85.2 Å². The molecule has 1 N–H and O–H groups in total. The van der Waals surface area contributed by atoms with Gasteiger partial charge in [-0.3, -0.25) is 9.59 Å². The summed E-state index contributed by atoms with van der Waals surface area (Å²) in [4.78, 5) is 31.5. The van der Waals surface area contributed by atoms with Crippen LogP contribution in [0.5, 0.6) is 5.75 Å². The van der Waals surface area contributed by atoms with Crippen LogP contribution in [-0.4, -0.2) is 32.6 Å². The van der Waals surface area contributed by atoms with Crippen LogP contribution in [0.3, 0.4) is 0 Å². The van der Waals surface area contributed by atoms with E-state index in [0.717, 1.165) is 16.9 Å². The topological polar surface area (TPSA) is 75.9 Å². The molecule has 0 saturated carbocycles. The van der Waals surface area contributed by atoms with Gasteiger partial charge in [-0.15, -0.1) is 0 Å². The van der Waals surface area contributed by atoms with E-state index in [9.17, 15) is 9.59 Å². The Labute approximate surface area is 191 Å². The van der Waals surface area contributed by atoms with Crippen molar-refractivity contribution in [2.24, 2.45) is 5.92 Å². The van der Waals surface area contributed by atoms with E-state index < -0.39 is 0 Å². The van der Waals surface area contributed by atoms with Crippen LogP contribution < -0.4 is 10.1 Å². The number of amides is 2. The van der Waals surface area contributed by atoms with Gasteiger partial charge >= 0.3 is 0 Å². The largest absolute Gasteiger partial charge is 0.487 e. The maximum Gasteiger partial charge on any atom is 0.229 e. The number of pyridine rings is 1. The van der Waals surface area contributed by atoms with E-state index in [0.29, 0.717) is 31.1 Å². The average molecular weight is 441 g/mol. The fourth-order valence-corrected chi connectivity index (χ4v) is 4.03. The molecule has 1 unspecified atom stereocenters. The number of imidazole rings is 1. The third kappa shape index (κ3) is 4.87. The number of benzene rings is 2. The van der Waals surface area contributed by atoms with E-state index in [1.807, 2.05) is 83.5 Å². The van der Waals surface area contributed by atoms with Gasteiger partial charge in [0, 0.05) is 43.7 Å². The third-order valence-electron chi connectivity index (χ3n) is 5.70. The first-order chi connectivity index (χ1) is 16.1. The summed E-state index contributed by atoms with van der Waals surface area (Å²) in [6, 6.07) is 22.9. The van der Waals surface area contributed by atoms with Crippen LogP contribution >= 0.6 is 0 Å². The van der Waals surface area contributed by atoms with Crippen molar-refractivity contribution in [2.75, 3.05) is 11.9 Å². The molecular formula is C26H24N4O3. The zero-order valence-corrected chi connectivity index (χ0v) is 18.1. The molecule has 0 bridgehead atoms. The molecule has 7 nitrogen and oxygen atoms in total. The number of nitrogens with one attached hydrogen (secondary N) is 1. The molecule has 2 amide bonds. The molecule has 0 aliphatic carbocycles. The van der Waals surface area contributed by atoms with Gasteiger partial charge < -0.3 is 19.4 Å². The zero-order valence-electron chi connectivity index (χ0n) is 18.1. The lowest BCUT2D eigenvalue weighted by atomic mass is 10.1. The van der Waals surface area contributed by atoms with E-state index in [2.05, 4.69) is 10.3 Å². The summed E-state index contributed by atoms with van der Waals surface area (Å²) in [6.07, 6.45) is 4.10. The van der Waals surface area contributed by atoms with E-state index in [4.69, 9.17) is 4.74 Å². The highest BCUT2D eigenvalue weighted by molar-refractivity contribution is 5.97. The third-order valence-corrected chi connectivity index (χ3v) is 5.70. The number of hydrogen-bond acceptors (Lipinski definition) is 4. The first-order valence-electron chi connectivity index (χ1n) is 10.9. The number of aromatic nitrogens is 2. The molecule has 4 aromatic rings. The number of fused-ring (bicyclic) bond motifs is 1. The minimum Gasteiger partial charge on any atom is -0.487 e. The monoisotopic (exact) mass is 440 g/mol. The SMILES string of the molecule is O=C(Nc1cccc(OCc2cn3ccccc3n2)c1)C1CC(=O)N(Cc2ccccc2)C1. The molecule has 0 spiro atoms. The van der Waals surface area contributed by atoms with Gasteiger partial charge in [0.1, 0.15) is 18.0 Å². The smallest absolute Gasteiger partial charge is 0.229 e. The Morgan fingerprint density at radius 1 is 1.06 bits per heavy atom. The normalized spacial score (nSPS) is 15.7. The first kappa shape index (κ1) is 20.8. The summed E-state index contributed by atoms with van der Waals surface area (Å²) in [7, 11) is 0. The molecule has 3 heterocycles. The van der Waals surface area contributed by atoms with Crippen molar-refractivity contribution in [1.82, 2.24) is 14.3 Å². The van der Waals surface area contributed by atoms with Crippen LogP contribution in [0.1, 0.15) is 17.7 Å². The number of carbonyl (C=O) groups is 2. The van der Waals surface area contributed by atoms with Crippen molar-refractivity contribution in [3.05, 3.63) is 96.4 Å². The molecule has 5 rings (SSSR count). The summed E-state index contributed by atoms with van der Waals surface area (Å²) in [6.45, 7) is 1.27. The Balaban J connectivity index is 1.18. The number of ether oxygens (including phenoxy) is 1. The predicted molar refractivity (Wildman–Crippen MR) is 125 cm³/mol. The van der Waals surface area contributed by atoms with Gasteiger partial charge in [-0.1, -0.05) is 42.5 Å². The molecule has 0 radical (unpaired) electrons. The number of nitrogens with zero attached hydrogens (tertiary/aromatic N) is 3. The average Bonchev–Trinajstić information content (AvgIpc) is 3.42. The number of carbonyl (C=O) groups excluding carboxylic acids is 2. The fraction of sp³-hybridized carbons (Fsp3) is 0.192. The number of rotatable bonds is 7. The lowest BCUT2D eigenvalue weighted by Gasteiger charge is -2.16. The molecule has 1 atom stereocenters. The summed E-state index contributed by atoms with van der Waals surface area (Å²) in [5.41, 5.74) is 3.38. The van der Waals surface area contributed by atoms with Gasteiger partial charge in [0.15, 0.2) is 0 Å². The Kier molecular flexibility index (Phi) is 5.76. The highest BCUT2D eigenvalue weighted by atomic mass is 16.5. The van der Waals surface area contributed by atoms with Crippen LogP contribution in [-0.2, 0) is 22.7 Å². The van der Waals surface area contributed by atoms with E-state index in [1.54, 1.807) is 11.0 Å². The van der Waals surface area contributed by atoms with Crippen LogP contribution in [0.2, 0.25) is 0 Å². The highest BCUT2D eigenvalue weighted by Gasteiger charge is 2.34. The summed E-state index contributed by atoms with van der Waals surface area (Å²) in [5.74, 6) is 0.113. The van der Waals surface area contributed by atoms with Crippen molar-refractivity contribution >= 4 is 23.1 Å². The standard InChI is InChI=1S/C26H24N4O3/c31-25-13-20(16-30(25)15-19-7-2-1-3-8-19)26(32)28-21-9-6-10-23(14-21)33-18-22-17-29-12-5-4-11-24(29)27-22/h1-12,14,17,20H,13,15-16,18H2,(H,28,32). The molecule has 2 aromatic heterocycles. The predicted octanol–water partition coefficient (Wildman–Crippen LogP) is 3.90. The summed E-state index contributed by atoms with van der Waals surface area (Å²) < 4.78 is 7.82. The van der Waals surface area contributed by atoms with Gasteiger partial charge in [0.05, 0.1) is 11.6 Å². The van der Waals surface area contributed by atoms with Crippen molar-refractivity contribution in [3.8, 4) is 5.75 Å². The number of likely N-dealkylation sites (tertiary alicyclic amines) is 1. The van der Waals surface area contributed by atoms with Crippen LogP contribution in [0.4, 0.5) is 5.69 Å². The van der Waals surface area contributed by atoms with E-state index in [1.165, 1.54) is 0 Å². The van der Waals surface area contributed by atoms with Crippen molar-refractivity contribution < 1.29 is 14.3 Å². The number of anilines is 1. The summed E-state index contributed by atoms with van der Waals surface area (Å²) >= 11 is 0. The Morgan fingerprint density at radius 3 is 2.76 bits per heavy atom. The van der Waals surface area contributed by atoms with Gasteiger partial charge in [-0.05, 0) is 29.8 Å². The summed E-state index contributed by atoms with van der Waals surface area (Å²) in [5, 5.41) is 2.93. The van der Waals surface area contributed by atoms with Crippen molar-refractivity contribution in [3.63, 3.8) is 0 Å². The molecule has 7 heteroatoms. The van der Waals surface area contributed by atoms with Crippen molar-refractivity contribution in [2.45, 2.75) is 19.6 Å². The van der Waals surface area contributed by atoms with Crippen LogP contribution in [0.25, 0.3) is 5.65 Å². The lowest BCUT2D eigenvalue weighted by Crippen LogP contribution is -2.28. The Hall–Kier alpha value is -4.13. The molecule has 1 saturated heterocycles. The maximum atomic E-state index is 12.8. The minimum absolute atomic E-state index is 0.00328. The van der Waals surface area contributed by atoms with E-state index in [-0.39, 0.29) is 24.2 Å². The maximum absolute atomic E-state index is 12.8. The van der Waals surface area contributed by atoms with Gasteiger partial charge in [-0.25, -0.2) is 4.98 Å². The first-order valence-corrected chi connectivity index (χ1v) is 10.9. The van der Waals surface area contributed by atoms with E-state index >= 15 is 0 Å². The molecule has 1 fully saturated rings. The fourth-order valence-electron chi connectivity index (χ4n) is 4.03. The second-order valence-corrected chi connectivity index (χ2v) is 8.17. The lowest BCUT2D eigenvalue weighted by molar-refractivity contribution is -0.128. The quantitative estimate of drug-likeness (QED) is 0.473. The molecule has 2 aromatic carbocycles. The second-order valence-electron chi connectivity index (χ2n) is 8.17. The highest BCUT2D eigenvalue weighted by Crippen LogP contribution is 2.24. The Bertz CT molecular complexity index is 1250. The Morgan fingerprint density at radius 2 is 1.91 bits per heavy atom. The zero-order chi connectivity index (χ0) is 22.6. The molecule has 166 valence electrons. The molecule has 1 aliphatic rings. The second kappa shape index (κ2) is 9.16. The number of hydrogen-bond donors (Lipinski definition) is 1. The molecule has 33 heavy (non-hydrogen) atoms. The minimum atomic E-state index is -0.372. The molecule has 1 aliphatic heterocycles. The van der Waals surface area contributed by atoms with Gasteiger partial charge in [0.25, 0.3) is 0 Å². The van der Waals surface area contributed by atoms with Gasteiger partial charge in [-0.2, -0.15) is 0 Å². The van der Waals surface area contributed by atoms with Crippen LogP contribution in [0, 0.1) is 5.92 Å².